The Morgan fingerprint density at radius 2 is 2.12 bits per heavy atom. The second kappa shape index (κ2) is 5.50. The van der Waals surface area contributed by atoms with Gasteiger partial charge in [0.2, 0.25) is 5.88 Å². The molecule has 0 saturated heterocycles. The summed E-state index contributed by atoms with van der Waals surface area (Å²) in [5.41, 5.74) is 0.999. The van der Waals surface area contributed by atoms with Crippen LogP contribution < -0.4 is 9.47 Å². The van der Waals surface area contributed by atoms with Crippen molar-refractivity contribution in [3.8, 4) is 11.6 Å². The van der Waals surface area contributed by atoms with Crippen LogP contribution in [0.5, 0.6) is 11.6 Å². The zero-order valence-electron chi connectivity index (χ0n) is 9.26. The molecule has 0 N–H and O–H groups in total. The zero-order chi connectivity index (χ0) is 12.1. The van der Waals surface area contributed by atoms with Crippen LogP contribution in [0.15, 0.2) is 36.7 Å². The highest BCUT2D eigenvalue weighted by molar-refractivity contribution is 6.29. The molecule has 0 saturated carbocycles. The summed E-state index contributed by atoms with van der Waals surface area (Å²) in [6.45, 7) is 0.407. The first-order valence-corrected chi connectivity index (χ1v) is 5.39. The van der Waals surface area contributed by atoms with Gasteiger partial charge >= 0.3 is 0 Å². The van der Waals surface area contributed by atoms with Crippen molar-refractivity contribution in [2.45, 2.75) is 6.61 Å². The molecule has 0 fully saturated rings. The predicted octanol–water partition coefficient (Wildman–Crippen LogP) is 2.72. The molecule has 2 aromatic rings. The Morgan fingerprint density at radius 3 is 2.88 bits per heavy atom. The van der Waals surface area contributed by atoms with Crippen LogP contribution in [-0.4, -0.2) is 17.1 Å². The SMILES string of the molecule is COc1cccc(COc2cc(Cl)ncn2)c1. The molecule has 0 unspecified atom stereocenters. The largest absolute Gasteiger partial charge is 0.497 e. The third kappa shape index (κ3) is 3.32. The standard InChI is InChI=1S/C12H11ClN2O2/c1-16-10-4-2-3-9(5-10)7-17-12-6-11(13)14-8-15-12/h2-6,8H,7H2,1H3. The Hall–Kier alpha value is -1.81. The smallest absolute Gasteiger partial charge is 0.218 e. The second-order valence-corrected chi connectivity index (χ2v) is 3.71. The van der Waals surface area contributed by atoms with Gasteiger partial charge in [-0.25, -0.2) is 9.97 Å². The van der Waals surface area contributed by atoms with Gasteiger partial charge in [-0.15, -0.1) is 0 Å². The number of ether oxygens (including phenoxy) is 2. The Labute approximate surface area is 104 Å². The Balaban J connectivity index is 2.02. The lowest BCUT2D eigenvalue weighted by Gasteiger charge is -2.06. The first-order valence-electron chi connectivity index (χ1n) is 5.01. The van der Waals surface area contributed by atoms with Crippen molar-refractivity contribution in [1.29, 1.82) is 0 Å². The van der Waals surface area contributed by atoms with E-state index >= 15 is 0 Å². The number of benzene rings is 1. The number of rotatable bonds is 4. The number of aromatic nitrogens is 2. The summed E-state index contributed by atoms with van der Waals surface area (Å²) in [5.74, 6) is 1.25. The predicted molar refractivity (Wildman–Crippen MR) is 64.4 cm³/mol. The molecular weight excluding hydrogens is 240 g/mol. The van der Waals surface area contributed by atoms with Gasteiger partial charge in [-0.3, -0.25) is 0 Å². The Morgan fingerprint density at radius 1 is 1.24 bits per heavy atom. The fraction of sp³-hybridized carbons (Fsp3) is 0.167. The molecule has 0 spiro atoms. The van der Waals surface area contributed by atoms with E-state index in [0.717, 1.165) is 11.3 Å². The lowest BCUT2D eigenvalue weighted by molar-refractivity contribution is 0.292. The molecule has 0 radical (unpaired) electrons. The van der Waals surface area contributed by atoms with Gasteiger partial charge in [0.1, 0.15) is 23.8 Å². The van der Waals surface area contributed by atoms with Gasteiger partial charge in [-0.2, -0.15) is 0 Å². The minimum atomic E-state index is 0.362. The number of methoxy groups -OCH3 is 1. The summed E-state index contributed by atoms with van der Waals surface area (Å²) >= 11 is 5.72. The van der Waals surface area contributed by atoms with Crippen molar-refractivity contribution in [2.24, 2.45) is 0 Å². The maximum atomic E-state index is 5.72. The van der Waals surface area contributed by atoms with Crippen LogP contribution in [0.4, 0.5) is 0 Å². The van der Waals surface area contributed by atoms with Gasteiger partial charge < -0.3 is 9.47 Å². The molecule has 0 bridgehead atoms. The molecule has 0 aliphatic rings. The summed E-state index contributed by atoms with van der Waals surface area (Å²) in [6.07, 6.45) is 1.36. The second-order valence-electron chi connectivity index (χ2n) is 3.32. The lowest BCUT2D eigenvalue weighted by Crippen LogP contribution is -1.98. The third-order valence-corrected chi connectivity index (χ3v) is 2.34. The van der Waals surface area contributed by atoms with Crippen LogP contribution in [0.25, 0.3) is 0 Å². The minimum Gasteiger partial charge on any atom is -0.497 e. The molecule has 1 heterocycles. The maximum absolute atomic E-state index is 5.72. The van der Waals surface area contributed by atoms with Crippen molar-refractivity contribution in [3.63, 3.8) is 0 Å². The first-order chi connectivity index (χ1) is 8.28. The van der Waals surface area contributed by atoms with Gasteiger partial charge in [-0.1, -0.05) is 23.7 Å². The van der Waals surface area contributed by atoms with Gasteiger partial charge in [0, 0.05) is 6.07 Å². The molecule has 5 heteroatoms. The molecule has 2 rings (SSSR count). The molecular formula is C12H11ClN2O2. The van der Waals surface area contributed by atoms with E-state index in [1.165, 1.54) is 6.33 Å². The molecule has 0 atom stereocenters. The van der Waals surface area contributed by atoms with E-state index in [2.05, 4.69) is 9.97 Å². The highest BCUT2D eigenvalue weighted by Gasteiger charge is 2.00. The van der Waals surface area contributed by atoms with Gasteiger partial charge in [0.15, 0.2) is 0 Å². The van der Waals surface area contributed by atoms with Gasteiger partial charge in [0.05, 0.1) is 7.11 Å². The molecule has 0 aliphatic heterocycles. The quantitative estimate of drug-likeness (QED) is 0.783. The van der Waals surface area contributed by atoms with Crippen LogP contribution in [0, 0.1) is 0 Å². The molecule has 17 heavy (non-hydrogen) atoms. The van der Waals surface area contributed by atoms with Crippen molar-refractivity contribution in [1.82, 2.24) is 9.97 Å². The molecule has 1 aromatic heterocycles. The van der Waals surface area contributed by atoms with Crippen LogP contribution in [0.2, 0.25) is 5.15 Å². The number of halogens is 1. The van der Waals surface area contributed by atoms with Gasteiger partial charge in [0.25, 0.3) is 0 Å². The lowest BCUT2D eigenvalue weighted by atomic mass is 10.2. The Bertz CT molecular complexity index is 505. The number of hydrogen-bond acceptors (Lipinski definition) is 4. The van der Waals surface area contributed by atoms with Crippen molar-refractivity contribution < 1.29 is 9.47 Å². The van der Waals surface area contributed by atoms with Crippen molar-refractivity contribution in [2.75, 3.05) is 7.11 Å². The highest BCUT2D eigenvalue weighted by Crippen LogP contribution is 2.16. The monoisotopic (exact) mass is 250 g/mol. The van der Waals surface area contributed by atoms with Crippen molar-refractivity contribution >= 4 is 11.6 Å². The van der Waals surface area contributed by atoms with E-state index < -0.39 is 0 Å². The van der Waals surface area contributed by atoms with Crippen LogP contribution in [-0.2, 0) is 6.61 Å². The molecule has 0 amide bonds. The van der Waals surface area contributed by atoms with Crippen molar-refractivity contribution in [3.05, 3.63) is 47.4 Å². The molecule has 0 aliphatic carbocycles. The van der Waals surface area contributed by atoms with Crippen LogP contribution in [0.1, 0.15) is 5.56 Å². The van der Waals surface area contributed by atoms with E-state index in [9.17, 15) is 0 Å². The summed E-state index contributed by atoms with van der Waals surface area (Å²) in [7, 11) is 1.63. The maximum Gasteiger partial charge on any atom is 0.218 e. The third-order valence-electron chi connectivity index (χ3n) is 2.13. The number of hydrogen-bond donors (Lipinski definition) is 0. The van der Waals surface area contributed by atoms with Crippen LogP contribution in [0.3, 0.4) is 0 Å². The zero-order valence-corrected chi connectivity index (χ0v) is 10.0. The van der Waals surface area contributed by atoms with E-state index in [1.807, 2.05) is 24.3 Å². The first kappa shape index (κ1) is 11.7. The fourth-order valence-electron chi connectivity index (χ4n) is 1.32. The van der Waals surface area contributed by atoms with Crippen LogP contribution >= 0.6 is 11.6 Å². The van der Waals surface area contributed by atoms with Gasteiger partial charge in [-0.05, 0) is 17.7 Å². The normalized spacial score (nSPS) is 10.0. The average molecular weight is 251 g/mol. The summed E-state index contributed by atoms with van der Waals surface area (Å²) in [6, 6.07) is 9.21. The molecule has 1 aromatic carbocycles. The summed E-state index contributed by atoms with van der Waals surface area (Å²) < 4.78 is 10.6. The van der Waals surface area contributed by atoms with E-state index in [1.54, 1.807) is 13.2 Å². The highest BCUT2D eigenvalue weighted by atomic mass is 35.5. The number of nitrogens with zero attached hydrogens (tertiary/aromatic N) is 2. The molecule has 88 valence electrons. The van der Waals surface area contributed by atoms with E-state index in [-0.39, 0.29) is 0 Å². The minimum absolute atomic E-state index is 0.362. The summed E-state index contributed by atoms with van der Waals surface area (Å²) in [4.78, 5) is 7.72. The molecule has 4 nitrogen and oxygen atoms in total. The Kier molecular flexibility index (Phi) is 3.77. The average Bonchev–Trinajstić information content (AvgIpc) is 2.37. The topological polar surface area (TPSA) is 44.2 Å². The summed E-state index contributed by atoms with van der Waals surface area (Å²) in [5, 5.41) is 0.362. The fourth-order valence-corrected chi connectivity index (χ4v) is 1.45. The van der Waals surface area contributed by atoms with E-state index in [0.29, 0.717) is 17.6 Å². The van der Waals surface area contributed by atoms with E-state index in [4.69, 9.17) is 21.1 Å².